The van der Waals surface area contributed by atoms with Crippen molar-refractivity contribution in [2.45, 2.75) is 19.4 Å². The predicted octanol–water partition coefficient (Wildman–Crippen LogP) is 0.498. The van der Waals surface area contributed by atoms with E-state index in [9.17, 15) is 0 Å². The van der Waals surface area contributed by atoms with E-state index in [0.29, 0.717) is 0 Å². The molecule has 0 aromatic carbocycles. The number of halogens is 2. The lowest BCUT2D eigenvalue weighted by molar-refractivity contribution is 0.182. The van der Waals surface area contributed by atoms with Crippen molar-refractivity contribution in [1.29, 1.82) is 0 Å². The molecule has 0 unspecified atom stereocenters. The van der Waals surface area contributed by atoms with Gasteiger partial charge in [0.25, 0.3) is 0 Å². The number of hydrogen-bond donors (Lipinski definition) is 2. The van der Waals surface area contributed by atoms with E-state index in [1.165, 1.54) is 6.33 Å². The summed E-state index contributed by atoms with van der Waals surface area (Å²) >= 11 is 6.64. The Morgan fingerprint density at radius 3 is 2.44 bits per heavy atom. The first-order chi connectivity index (χ1) is 8.86. The highest BCUT2D eigenvalue weighted by atomic mass is 79.9. The third-order valence-electron chi connectivity index (χ3n) is 1.86. The average molecular weight is 384 g/mol. The highest BCUT2D eigenvalue weighted by Gasteiger charge is 2.02. The van der Waals surface area contributed by atoms with Gasteiger partial charge in [0.2, 0.25) is 0 Å². The number of nitrogens with zero attached hydrogens (tertiary/aromatic N) is 6. The van der Waals surface area contributed by atoms with Gasteiger partial charge in [-0.15, -0.1) is 15.3 Å². The van der Waals surface area contributed by atoms with Gasteiger partial charge in [0.1, 0.15) is 6.34 Å². The second-order valence-corrected chi connectivity index (χ2v) is 4.84. The van der Waals surface area contributed by atoms with E-state index >= 15 is 0 Å². The summed E-state index contributed by atoms with van der Waals surface area (Å²) in [5.74, 6) is 0. The van der Waals surface area contributed by atoms with Crippen LogP contribution in [0.3, 0.4) is 0 Å². The lowest BCUT2D eigenvalue weighted by Gasteiger charge is -2.12. The van der Waals surface area contributed by atoms with E-state index in [4.69, 9.17) is 0 Å². The smallest absolute Gasteiger partial charge is 0.162 e. The minimum absolute atomic E-state index is 0.839. The van der Waals surface area contributed by atoms with Crippen LogP contribution in [0.1, 0.15) is 12.8 Å². The van der Waals surface area contributed by atoms with Crippen LogP contribution >= 0.6 is 31.9 Å². The third kappa shape index (κ3) is 6.87. The molecule has 1 aromatic heterocycles. The Labute approximate surface area is 122 Å². The summed E-state index contributed by atoms with van der Waals surface area (Å²) in [5, 5.41) is 18.6. The van der Waals surface area contributed by atoms with Crippen LogP contribution in [0.25, 0.3) is 0 Å². The van der Waals surface area contributed by atoms with Crippen LogP contribution in [0.5, 0.6) is 0 Å². The fraction of sp³-hybridized carbons (Fsp3) is 0.750. The number of tetrazole rings is 1. The van der Waals surface area contributed by atoms with Crippen LogP contribution in [0.4, 0.5) is 0 Å². The molecule has 10 heteroatoms. The molecule has 0 aliphatic carbocycles. The Hall–Kier alpha value is -0.740. The first kappa shape index (κ1) is 15.3. The zero-order valence-electron chi connectivity index (χ0n) is 9.84. The van der Waals surface area contributed by atoms with Crippen molar-refractivity contribution in [2.24, 2.45) is 5.10 Å². The Morgan fingerprint density at radius 1 is 1.11 bits per heavy atom. The molecular formula is C8H16Br2N8. The highest BCUT2D eigenvalue weighted by molar-refractivity contribution is 9.09. The summed E-state index contributed by atoms with van der Waals surface area (Å²) in [7, 11) is 0. The molecule has 0 bridgehead atoms. The quantitative estimate of drug-likeness (QED) is 0.696. The van der Waals surface area contributed by atoms with Crippen LogP contribution < -0.4 is 11.0 Å². The first-order valence-corrected chi connectivity index (χ1v) is 7.74. The van der Waals surface area contributed by atoms with Crippen LogP contribution in [-0.4, -0.2) is 48.9 Å². The topological polar surface area (TPSA) is 83.3 Å². The summed E-state index contributed by atoms with van der Waals surface area (Å²) in [4.78, 5) is 1.57. The Kier molecular flexibility index (Phi) is 8.69. The van der Waals surface area contributed by atoms with Gasteiger partial charge in [-0.05, 0) is 18.1 Å². The molecular weight excluding hydrogens is 368 g/mol. The molecule has 2 heterocycles. The molecule has 102 valence electrons. The van der Waals surface area contributed by atoms with Crippen molar-refractivity contribution < 1.29 is 0 Å². The van der Waals surface area contributed by atoms with Crippen molar-refractivity contribution >= 4 is 38.2 Å². The van der Waals surface area contributed by atoms with Gasteiger partial charge in [-0.1, -0.05) is 31.9 Å². The molecule has 1 aliphatic rings. The maximum Gasteiger partial charge on any atom is 0.162 e. The molecule has 0 saturated heterocycles. The molecule has 1 aliphatic heterocycles. The van der Waals surface area contributed by atoms with E-state index < -0.39 is 0 Å². The zero-order valence-corrected chi connectivity index (χ0v) is 13.0. The molecule has 2 rings (SSSR count). The number of aromatic nitrogens is 4. The second kappa shape index (κ2) is 10.2. The normalized spacial score (nSPS) is 13.7. The lowest BCUT2D eigenvalue weighted by atomic mass is 10.5. The average Bonchev–Trinajstić information content (AvgIpc) is 3.07. The minimum atomic E-state index is 0.839. The van der Waals surface area contributed by atoms with Crippen molar-refractivity contribution in [3.63, 3.8) is 0 Å². The fourth-order valence-corrected chi connectivity index (χ4v) is 1.55. The van der Waals surface area contributed by atoms with E-state index in [2.05, 4.69) is 63.3 Å². The summed E-state index contributed by atoms with van der Waals surface area (Å²) < 4.78 is 0. The number of alkyl halides is 2. The summed E-state index contributed by atoms with van der Waals surface area (Å²) in [6.07, 6.45) is 5.20. The number of hydrogen-bond acceptors (Lipinski definition) is 7. The van der Waals surface area contributed by atoms with Gasteiger partial charge in [0.15, 0.2) is 6.33 Å². The van der Waals surface area contributed by atoms with Gasteiger partial charge in [0, 0.05) is 17.2 Å². The molecule has 0 radical (unpaired) electrons. The number of nitrogens with one attached hydrogen (secondary N) is 2. The Bertz CT molecular complexity index is 309. The SMILES string of the molecule is BrCCCN1NC=NN1.BrCCCn1ncnn1. The monoisotopic (exact) mass is 382 g/mol. The van der Waals surface area contributed by atoms with E-state index in [0.717, 1.165) is 36.6 Å². The standard InChI is InChI=1S/C4H9BrN4.C4H7BrN4/c2*5-2-1-3-9-7-4-6-8-9/h4,8H,1-3H2,(H,6,7);4H,1-3H2. The number of hydrazone groups is 1. The van der Waals surface area contributed by atoms with E-state index in [1.807, 2.05) is 5.12 Å². The van der Waals surface area contributed by atoms with Crippen LogP contribution in [0.2, 0.25) is 0 Å². The van der Waals surface area contributed by atoms with Crippen molar-refractivity contribution in [2.75, 3.05) is 17.2 Å². The lowest BCUT2D eigenvalue weighted by Crippen LogP contribution is -2.39. The molecule has 0 spiro atoms. The largest absolute Gasteiger partial charge is 0.289 e. The van der Waals surface area contributed by atoms with Crippen molar-refractivity contribution in [1.82, 2.24) is 36.3 Å². The van der Waals surface area contributed by atoms with E-state index in [1.54, 1.807) is 11.1 Å². The van der Waals surface area contributed by atoms with Crippen LogP contribution in [-0.2, 0) is 6.54 Å². The van der Waals surface area contributed by atoms with Crippen LogP contribution in [0.15, 0.2) is 11.4 Å². The van der Waals surface area contributed by atoms with E-state index in [-0.39, 0.29) is 0 Å². The molecule has 8 nitrogen and oxygen atoms in total. The van der Waals surface area contributed by atoms with Gasteiger partial charge >= 0.3 is 0 Å². The molecule has 1 aromatic rings. The Morgan fingerprint density at radius 2 is 1.89 bits per heavy atom. The first-order valence-electron chi connectivity index (χ1n) is 5.50. The maximum absolute atomic E-state index is 3.83. The zero-order chi connectivity index (χ0) is 13.1. The van der Waals surface area contributed by atoms with Gasteiger partial charge in [0.05, 0.1) is 6.54 Å². The van der Waals surface area contributed by atoms with Crippen LogP contribution in [0, 0.1) is 0 Å². The van der Waals surface area contributed by atoms with Gasteiger partial charge < -0.3 is 0 Å². The number of rotatable bonds is 6. The highest BCUT2D eigenvalue weighted by Crippen LogP contribution is 1.90. The van der Waals surface area contributed by atoms with Gasteiger partial charge in [-0.2, -0.15) is 9.90 Å². The fourth-order valence-electron chi connectivity index (χ4n) is 1.05. The molecule has 18 heavy (non-hydrogen) atoms. The van der Waals surface area contributed by atoms with Crippen molar-refractivity contribution in [3.8, 4) is 0 Å². The van der Waals surface area contributed by atoms with Gasteiger partial charge in [-0.3, -0.25) is 5.43 Å². The molecule has 0 saturated carbocycles. The summed E-state index contributed by atoms with van der Waals surface area (Å²) in [6, 6.07) is 0. The maximum atomic E-state index is 3.83. The van der Waals surface area contributed by atoms with Gasteiger partial charge in [-0.25, -0.2) is 5.53 Å². The summed E-state index contributed by atoms with van der Waals surface area (Å²) in [6.45, 7) is 1.79. The summed E-state index contributed by atoms with van der Waals surface area (Å²) in [5.41, 5.74) is 5.66. The molecule has 0 amide bonds. The number of aryl methyl sites for hydroxylation is 1. The molecule has 0 atom stereocenters. The Balaban J connectivity index is 0.000000180. The predicted molar refractivity (Wildman–Crippen MR) is 76.1 cm³/mol. The molecule has 2 N–H and O–H groups in total. The third-order valence-corrected chi connectivity index (χ3v) is 2.98. The molecule has 0 fully saturated rings. The number of hydrazine groups is 2. The minimum Gasteiger partial charge on any atom is -0.289 e. The van der Waals surface area contributed by atoms with Crippen molar-refractivity contribution in [3.05, 3.63) is 6.33 Å². The second-order valence-electron chi connectivity index (χ2n) is 3.26.